The van der Waals surface area contributed by atoms with Crippen molar-refractivity contribution in [1.82, 2.24) is 14.5 Å². The molecule has 0 saturated heterocycles. The van der Waals surface area contributed by atoms with Crippen LogP contribution < -0.4 is 5.56 Å². The smallest absolute Gasteiger partial charge is 0.261 e. The van der Waals surface area contributed by atoms with Crippen molar-refractivity contribution in [1.29, 1.82) is 0 Å². The molecule has 4 heterocycles. The molecule has 2 aliphatic carbocycles. The maximum absolute atomic E-state index is 12.6. The Morgan fingerprint density at radius 2 is 2.00 bits per heavy atom. The summed E-state index contributed by atoms with van der Waals surface area (Å²) in [5.74, 6) is 9.14. The van der Waals surface area contributed by atoms with Gasteiger partial charge in [-0.2, -0.15) is 0 Å². The maximum atomic E-state index is 12.6. The predicted molar refractivity (Wildman–Crippen MR) is 85.0 cm³/mol. The number of pyridine rings is 1. The molecule has 4 aliphatic rings. The van der Waals surface area contributed by atoms with Crippen molar-refractivity contribution >= 4 is 10.9 Å². The summed E-state index contributed by atoms with van der Waals surface area (Å²) in [4.78, 5) is 21.6. The third-order valence-corrected chi connectivity index (χ3v) is 5.31. The van der Waals surface area contributed by atoms with Crippen molar-refractivity contribution in [2.24, 2.45) is 11.8 Å². The van der Waals surface area contributed by atoms with Gasteiger partial charge >= 0.3 is 0 Å². The van der Waals surface area contributed by atoms with Crippen LogP contribution in [0.2, 0.25) is 0 Å². The number of aromatic nitrogens is 3. The number of rotatable bonds is 0. The molecule has 1 aromatic carbocycles. The molecule has 2 aromatic heterocycles. The van der Waals surface area contributed by atoms with Gasteiger partial charge in [-0.3, -0.25) is 9.36 Å². The minimum atomic E-state index is 0.117. The molecule has 2 saturated carbocycles. The molecule has 3 aromatic rings. The van der Waals surface area contributed by atoms with Crippen LogP contribution in [0.3, 0.4) is 0 Å². The van der Waals surface area contributed by atoms with Crippen molar-refractivity contribution in [3.63, 3.8) is 0 Å². The molecular weight excluding hydrogens is 286 g/mol. The van der Waals surface area contributed by atoms with Gasteiger partial charge in [-0.15, -0.1) is 0 Å². The van der Waals surface area contributed by atoms with Crippen LogP contribution in [0.4, 0.5) is 0 Å². The molecule has 2 bridgehead atoms. The number of hydrogen-bond acceptors (Lipinski definition) is 3. The predicted octanol–water partition coefficient (Wildman–Crippen LogP) is 2.09. The van der Waals surface area contributed by atoms with Crippen molar-refractivity contribution < 1.29 is 0 Å². The fourth-order valence-electron chi connectivity index (χ4n) is 4.06. The Kier molecular flexibility index (Phi) is 1.86. The molecule has 0 amide bonds. The Bertz CT molecular complexity index is 1110. The van der Waals surface area contributed by atoms with E-state index in [9.17, 15) is 4.79 Å². The van der Waals surface area contributed by atoms with Crippen LogP contribution in [0.1, 0.15) is 29.0 Å². The normalized spacial score (nSPS) is 27.8. The van der Waals surface area contributed by atoms with Gasteiger partial charge in [0.2, 0.25) is 0 Å². The van der Waals surface area contributed by atoms with Crippen LogP contribution in [0.5, 0.6) is 0 Å². The minimum absolute atomic E-state index is 0.117. The largest absolute Gasteiger partial charge is 0.292 e. The maximum Gasteiger partial charge on any atom is 0.261 e. The quantitative estimate of drug-likeness (QED) is 0.597. The Labute approximate surface area is 131 Å². The van der Waals surface area contributed by atoms with Gasteiger partial charge in [0.05, 0.1) is 10.9 Å². The van der Waals surface area contributed by atoms with E-state index in [1.165, 1.54) is 0 Å². The van der Waals surface area contributed by atoms with E-state index in [0.29, 0.717) is 17.3 Å². The van der Waals surface area contributed by atoms with Crippen molar-refractivity contribution in [2.45, 2.75) is 12.0 Å². The second-order valence-electron chi connectivity index (χ2n) is 6.51. The molecule has 7 rings (SSSR count). The van der Waals surface area contributed by atoms with E-state index >= 15 is 0 Å². The van der Waals surface area contributed by atoms with Gasteiger partial charge in [0, 0.05) is 23.7 Å². The van der Waals surface area contributed by atoms with Crippen LogP contribution in [-0.4, -0.2) is 14.5 Å². The van der Waals surface area contributed by atoms with E-state index in [2.05, 4.69) is 16.8 Å². The lowest BCUT2D eigenvalue weighted by atomic mass is 10.1. The average molecular weight is 297 g/mol. The van der Waals surface area contributed by atoms with E-state index in [4.69, 9.17) is 4.98 Å². The molecule has 4 nitrogen and oxygen atoms in total. The molecule has 2 fully saturated rings. The van der Waals surface area contributed by atoms with Gasteiger partial charge in [-0.25, -0.2) is 9.97 Å². The lowest BCUT2D eigenvalue weighted by molar-refractivity contribution is 0.639. The van der Waals surface area contributed by atoms with E-state index in [1.54, 1.807) is 6.20 Å². The summed E-state index contributed by atoms with van der Waals surface area (Å²) >= 11 is 0. The van der Waals surface area contributed by atoms with Gasteiger partial charge in [-0.05, 0) is 48.1 Å². The first kappa shape index (κ1) is 11.6. The molecule has 0 radical (unpaired) electrons. The van der Waals surface area contributed by atoms with Crippen LogP contribution in [0.15, 0.2) is 47.4 Å². The number of nitrogens with zero attached hydrogens (tertiary/aromatic N) is 3. The molecule has 108 valence electrons. The molecule has 2 atom stereocenters. The molecule has 2 aliphatic heterocycles. The molecule has 23 heavy (non-hydrogen) atoms. The first-order valence-electron chi connectivity index (χ1n) is 7.82. The first-order valence-corrected chi connectivity index (χ1v) is 7.82. The van der Waals surface area contributed by atoms with Gasteiger partial charge < -0.3 is 0 Å². The van der Waals surface area contributed by atoms with Gasteiger partial charge in [0.15, 0.2) is 0 Å². The fourth-order valence-corrected chi connectivity index (χ4v) is 4.06. The highest BCUT2D eigenvalue weighted by atomic mass is 16.1. The Balaban J connectivity index is 1.49. The van der Waals surface area contributed by atoms with Crippen LogP contribution in [-0.2, 0) is 0 Å². The van der Waals surface area contributed by atoms with Crippen LogP contribution in [0.25, 0.3) is 10.9 Å². The van der Waals surface area contributed by atoms with Crippen molar-refractivity contribution in [3.05, 3.63) is 70.0 Å². The Morgan fingerprint density at radius 1 is 1.09 bits per heavy atom. The van der Waals surface area contributed by atoms with E-state index in [1.807, 2.05) is 41.0 Å². The summed E-state index contributed by atoms with van der Waals surface area (Å²) in [6.45, 7) is 0. The van der Waals surface area contributed by atoms with Gasteiger partial charge in [0.25, 0.3) is 5.56 Å². The molecule has 0 N–H and O–H groups in total. The van der Waals surface area contributed by atoms with E-state index in [-0.39, 0.29) is 5.56 Å². The van der Waals surface area contributed by atoms with Crippen LogP contribution >= 0.6 is 0 Å². The van der Waals surface area contributed by atoms with E-state index < -0.39 is 0 Å². The summed E-state index contributed by atoms with van der Waals surface area (Å²) in [6, 6.07) is 11.8. The second-order valence-corrected chi connectivity index (χ2v) is 6.51. The Morgan fingerprint density at radius 3 is 2.83 bits per heavy atom. The minimum Gasteiger partial charge on any atom is -0.292 e. The summed E-state index contributed by atoms with van der Waals surface area (Å²) in [7, 11) is 0. The molecule has 4 heteroatoms. The second kappa shape index (κ2) is 3.69. The van der Waals surface area contributed by atoms with Gasteiger partial charge in [0.1, 0.15) is 11.5 Å². The third-order valence-electron chi connectivity index (χ3n) is 5.31. The highest BCUT2D eigenvalue weighted by Crippen LogP contribution is 2.84. The standard InChI is InChI=1S/C19H11N3O/c23-19-12-7-5-10(4-6-11-3-1-2-8-20-11)9-13(12)21-18-16-14-15(16)17(14)22(18)19/h1-3,5,7-9,14-17H. The lowest BCUT2D eigenvalue weighted by Gasteiger charge is -2.04. The number of hydrogen-bond donors (Lipinski definition) is 0. The van der Waals surface area contributed by atoms with E-state index in [0.717, 1.165) is 34.4 Å². The third kappa shape index (κ3) is 1.40. The summed E-state index contributed by atoms with van der Waals surface area (Å²) in [5, 5.41) is 0.698. The summed E-state index contributed by atoms with van der Waals surface area (Å²) in [6.07, 6.45) is 1.73. The molecular formula is C19H11N3O. The summed E-state index contributed by atoms with van der Waals surface area (Å²) in [5.41, 5.74) is 2.48. The highest BCUT2D eigenvalue weighted by Gasteiger charge is 2.81. The monoisotopic (exact) mass is 297 g/mol. The summed E-state index contributed by atoms with van der Waals surface area (Å²) < 4.78 is 1.93. The molecule has 2 unspecified atom stereocenters. The zero-order chi connectivity index (χ0) is 15.1. The van der Waals surface area contributed by atoms with Gasteiger partial charge in [-0.1, -0.05) is 12.0 Å². The first-order chi connectivity index (χ1) is 11.3. The van der Waals surface area contributed by atoms with Crippen molar-refractivity contribution in [3.8, 4) is 11.8 Å². The zero-order valence-electron chi connectivity index (χ0n) is 12.1. The SMILES string of the molecule is O=c1c2ccc(C#Cc3ccccn3)cc2nc2n1C1C3C2C31. The molecule has 0 spiro atoms. The topological polar surface area (TPSA) is 47.8 Å². The average Bonchev–Trinajstić information content (AvgIpc) is 3.42. The number of fused-ring (bicyclic) bond motifs is 1. The number of benzene rings is 1. The highest BCUT2D eigenvalue weighted by molar-refractivity contribution is 5.80. The lowest BCUT2D eigenvalue weighted by Crippen LogP contribution is -2.20. The van der Waals surface area contributed by atoms with Crippen molar-refractivity contribution in [2.75, 3.05) is 0 Å². The Hall–Kier alpha value is -2.93. The van der Waals surface area contributed by atoms with Crippen LogP contribution in [0, 0.1) is 23.7 Å². The fraction of sp³-hybridized carbons (Fsp3) is 0.211. The zero-order valence-corrected chi connectivity index (χ0v) is 12.1.